The molecular formula is C27H41N3O. The number of hydrogen-bond donors (Lipinski definition) is 1. The molecule has 2 fully saturated rings. The molecule has 2 aliphatic heterocycles. The molecule has 0 spiro atoms. The van der Waals surface area contributed by atoms with E-state index in [4.69, 9.17) is 0 Å². The molecule has 1 amide bonds. The van der Waals surface area contributed by atoms with Crippen LogP contribution >= 0.6 is 0 Å². The van der Waals surface area contributed by atoms with Crippen molar-refractivity contribution >= 4 is 5.91 Å². The fourth-order valence-corrected chi connectivity index (χ4v) is 6.04. The summed E-state index contributed by atoms with van der Waals surface area (Å²) in [5.41, 5.74) is 4.10. The van der Waals surface area contributed by atoms with E-state index in [0.717, 1.165) is 45.6 Å². The van der Waals surface area contributed by atoms with Crippen LogP contribution in [0.25, 0.3) is 0 Å². The first-order chi connectivity index (χ1) is 15.1. The summed E-state index contributed by atoms with van der Waals surface area (Å²) < 4.78 is 0. The fourth-order valence-electron chi connectivity index (χ4n) is 6.04. The number of rotatable bonds is 8. The number of benzene rings is 1. The van der Waals surface area contributed by atoms with Gasteiger partial charge in [0.15, 0.2) is 0 Å². The third kappa shape index (κ3) is 5.40. The third-order valence-corrected chi connectivity index (χ3v) is 7.92. The maximum atomic E-state index is 13.4. The largest absolute Gasteiger partial charge is 0.338 e. The molecule has 1 aromatic rings. The number of carbonyl (C=O) groups excluding carboxylic acids is 1. The Hall–Kier alpha value is -1.65. The van der Waals surface area contributed by atoms with Crippen molar-refractivity contribution in [1.82, 2.24) is 15.1 Å². The topological polar surface area (TPSA) is 35.6 Å². The summed E-state index contributed by atoms with van der Waals surface area (Å²) in [6.45, 7) is 13.5. The van der Waals surface area contributed by atoms with Gasteiger partial charge in [0.2, 0.25) is 5.91 Å². The predicted octanol–water partition coefficient (Wildman–Crippen LogP) is 4.40. The van der Waals surface area contributed by atoms with E-state index in [1.807, 2.05) is 0 Å². The van der Waals surface area contributed by atoms with E-state index in [0.29, 0.717) is 23.9 Å². The number of piperidine rings is 1. The van der Waals surface area contributed by atoms with Crippen LogP contribution in [0, 0.1) is 11.8 Å². The molecule has 0 aromatic heterocycles. The van der Waals surface area contributed by atoms with Gasteiger partial charge in [-0.15, -0.1) is 0 Å². The van der Waals surface area contributed by atoms with Gasteiger partial charge in [-0.05, 0) is 67.6 Å². The van der Waals surface area contributed by atoms with E-state index < -0.39 is 0 Å². The Morgan fingerprint density at radius 2 is 1.87 bits per heavy atom. The summed E-state index contributed by atoms with van der Waals surface area (Å²) in [4.78, 5) is 18.0. The van der Waals surface area contributed by atoms with Gasteiger partial charge in [0, 0.05) is 50.7 Å². The monoisotopic (exact) mass is 423 g/mol. The Morgan fingerprint density at radius 1 is 1.10 bits per heavy atom. The minimum absolute atomic E-state index is 0.212. The first kappa shape index (κ1) is 22.5. The van der Waals surface area contributed by atoms with Gasteiger partial charge >= 0.3 is 0 Å². The van der Waals surface area contributed by atoms with Gasteiger partial charge < -0.3 is 10.2 Å². The van der Waals surface area contributed by atoms with Crippen molar-refractivity contribution in [3.63, 3.8) is 0 Å². The number of nitrogens with one attached hydrogen (secondary N) is 1. The fraction of sp³-hybridized carbons (Fsp3) is 0.667. The standard InChI is InChI=1S/C27H41N3O/c1-4-24(5-2)28-25-11-10-22-13-15-30(27(31)26(22)16-25)18-20(3)17-29-14-12-21-8-6-7-9-23(21)19-29/h6-9,22,24-26,28H,3-5,10-19H2,1-2H3. The van der Waals surface area contributed by atoms with Crippen molar-refractivity contribution in [2.45, 2.75) is 77.4 Å². The van der Waals surface area contributed by atoms with Crippen molar-refractivity contribution in [1.29, 1.82) is 0 Å². The average molecular weight is 424 g/mol. The lowest BCUT2D eigenvalue weighted by Gasteiger charge is -2.44. The molecule has 3 atom stereocenters. The summed E-state index contributed by atoms with van der Waals surface area (Å²) in [5.74, 6) is 1.19. The van der Waals surface area contributed by atoms with Gasteiger partial charge in [0.1, 0.15) is 0 Å². The van der Waals surface area contributed by atoms with E-state index in [-0.39, 0.29) is 5.92 Å². The Balaban J connectivity index is 1.29. The van der Waals surface area contributed by atoms with E-state index in [1.54, 1.807) is 0 Å². The van der Waals surface area contributed by atoms with Crippen molar-refractivity contribution in [2.75, 3.05) is 26.2 Å². The van der Waals surface area contributed by atoms with Crippen LogP contribution in [0.5, 0.6) is 0 Å². The van der Waals surface area contributed by atoms with Crippen LogP contribution in [0.1, 0.15) is 63.5 Å². The lowest BCUT2D eigenvalue weighted by Crippen LogP contribution is -2.52. The zero-order valence-corrected chi connectivity index (χ0v) is 19.6. The molecule has 3 aliphatic rings. The van der Waals surface area contributed by atoms with Gasteiger partial charge in [-0.3, -0.25) is 9.69 Å². The molecular weight excluding hydrogens is 382 g/mol. The number of carbonyl (C=O) groups is 1. The second-order valence-electron chi connectivity index (χ2n) is 10.1. The Labute approximate surface area is 189 Å². The van der Waals surface area contributed by atoms with Gasteiger partial charge in [0.25, 0.3) is 0 Å². The molecule has 1 N–H and O–H groups in total. The van der Waals surface area contributed by atoms with Crippen LogP contribution < -0.4 is 5.32 Å². The molecule has 0 radical (unpaired) electrons. The molecule has 4 rings (SSSR count). The molecule has 4 heteroatoms. The minimum atomic E-state index is 0.212. The number of likely N-dealkylation sites (tertiary alicyclic amines) is 1. The predicted molar refractivity (Wildman–Crippen MR) is 128 cm³/mol. The highest BCUT2D eigenvalue weighted by Crippen LogP contribution is 2.37. The van der Waals surface area contributed by atoms with Crippen molar-refractivity contribution in [3.8, 4) is 0 Å². The first-order valence-corrected chi connectivity index (χ1v) is 12.6. The summed E-state index contributed by atoms with van der Waals surface area (Å²) in [5, 5.41) is 3.83. The molecule has 1 saturated carbocycles. The van der Waals surface area contributed by atoms with Crippen LogP contribution in [0.3, 0.4) is 0 Å². The number of amides is 1. The van der Waals surface area contributed by atoms with Crippen molar-refractivity contribution in [3.05, 3.63) is 47.5 Å². The molecule has 2 heterocycles. The Morgan fingerprint density at radius 3 is 2.65 bits per heavy atom. The maximum Gasteiger partial charge on any atom is 0.226 e. The third-order valence-electron chi connectivity index (χ3n) is 7.92. The van der Waals surface area contributed by atoms with Gasteiger partial charge in [-0.25, -0.2) is 0 Å². The van der Waals surface area contributed by atoms with Crippen molar-refractivity contribution in [2.24, 2.45) is 11.8 Å². The van der Waals surface area contributed by atoms with Gasteiger partial charge in [-0.1, -0.05) is 44.7 Å². The molecule has 1 aliphatic carbocycles. The maximum absolute atomic E-state index is 13.4. The minimum Gasteiger partial charge on any atom is -0.338 e. The number of fused-ring (bicyclic) bond motifs is 2. The average Bonchev–Trinajstić information content (AvgIpc) is 2.79. The molecule has 3 unspecified atom stereocenters. The number of nitrogens with zero attached hydrogens (tertiary/aromatic N) is 2. The zero-order valence-electron chi connectivity index (χ0n) is 19.6. The zero-order chi connectivity index (χ0) is 21.8. The lowest BCUT2D eigenvalue weighted by atomic mass is 9.72. The van der Waals surface area contributed by atoms with Crippen LogP contribution in [-0.4, -0.2) is 54.0 Å². The van der Waals surface area contributed by atoms with Crippen LogP contribution in [0.15, 0.2) is 36.4 Å². The van der Waals surface area contributed by atoms with Crippen LogP contribution in [0.2, 0.25) is 0 Å². The first-order valence-electron chi connectivity index (χ1n) is 12.6. The quantitative estimate of drug-likeness (QED) is 0.630. The second kappa shape index (κ2) is 10.3. The molecule has 0 bridgehead atoms. The SMILES string of the molecule is C=C(CN1CCc2ccccc2C1)CN1CCC2CCC(NC(CC)CC)CC2C1=O. The Kier molecular flexibility index (Phi) is 7.50. The number of hydrogen-bond acceptors (Lipinski definition) is 3. The van der Waals surface area contributed by atoms with Gasteiger partial charge in [0.05, 0.1) is 0 Å². The van der Waals surface area contributed by atoms with Crippen LogP contribution in [0.4, 0.5) is 0 Å². The molecule has 1 aromatic carbocycles. The van der Waals surface area contributed by atoms with E-state index >= 15 is 0 Å². The normalized spacial score (nSPS) is 26.6. The smallest absolute Gasteiger partial charge is 0.226 e. The highest BCUT2D eigenvalue weighted by molar-refractivity contribution is 5.80. The van der Waals surface area contributed by atoms with Crippen LogP contribution in [-0.2, 0) is 17.8 Å². The van der Waals surface area contributed by atoms with E-state index in [9.17, 15) is 4.79 Å². The summed E-state index contributed by atoms with van der Waals surface area (Å²) in [6, 6.07) is 9.86. The molecule has 1 saturated heterocycles. The van der Waals surface area contributed by atoms with Gasteiger partial charge in [-0.2, -0.15) is 0 Å². The highest BCUT2D eigenvalue weighted by Gasteiger charge is 2.40. The molecule has 31 heavy (non-hydrogen) atoms. The summed E-state index contributed by atoms with van der Waals surface area (Å²) >= 11 is 0. The summed E-state index contributed by atoms with van der Waals surface area (Å²) in [7, 11) is 0. The van der Waals surface area contributed by atoms with E-state index in [2.05, 4.69) is 59.8 Å². The summed E-state index contributed by atoms with van der Waals surface area (Å²) in [6.07, 6.45) is 8.07. The highest BCUT2D eigenvalue weighted by atomic mass is 16.2. The van der Waals surface area contributed by atoms with Crippen molar-refractivity contribution < 1.29 is 4.79 Å². The lowest BCUT2D eigenvalue weighted by molar-refractivity contribution is -0.142. The molecule has 4 nitrogen and oxygen atoms in total. The second-order valence-corrected chi connectivity index (χ2v) is 10.1. The molecule has 170 valence electrons. The van der Waals surface area contributed by atoms with E-state index in [1.165, 1.54) is 48.8 Å². The Bertz CT molecular complexity index is 771.